The Balaban J connectivity index is 1.00. The predicted octanol–water partition coefficient (Wildman–Crippen LogP) is 5.47. The number of alkyl halides is 3. The van der Waals surface area contributed by atoms with Gasteiger partial charge >= 0.3 is 6.18 Å². The van der Waals surface area contributed by atoms with Crippen LogP contribution in [0.5, 0.6) is 5.75 Å². The van der Waals surface area contributed by atoms with Crippen LogP contribution < -0.4 is 30.9 Å². The Kier molecular flexibility index (Phi) is 10.8. The van der Waals surface area contributed by atoms with Crippen molar-refractivity contribution in [2.45, 2.75) is 37.0 Å². The number of hydrogen-bond acceptors (Lipinski definition) is 11. The van der Waals surface area contributed by atoms with Crippen molar-refractivity contribution < 1.29 is 37.1 Å². The van der Waals surface area contributed by atoms with Gasteiger partial charge in [0, 0.05) is 75.8 Å². The van der Waals surface area contributed by atoms with E-state index in [4.69, 9.17) is 4.74 Å². The van der Waals surface area contributed by atoms with Crippen molar-refractivity contribution >= 4 is 64.8 Å². The number of para-hydroxylation sites is 1. The number of benzene rings is 3. The number of carbonyl (C=O) groups excluding carboxylic acids is 4. The summed E-state index contributed by atoms with van der Waals surface area (Å²) in [5.74, 6) is -0.969. The highest BCUT2D eigenvalue weighted by molar-refractivity contribution is 7.80. The zero-order valence-corrected chi connectivity index (χ0v) is 31.3. The van der Waals surface area contributed by atoms with E-state index >= 15 is 0 Å². The number of imide groups is 1. The summed E-state index contributed by atoms with van der Waals surface area (Å²) in [5.41, 5.74) is 2.69. The number of nitrogens with one attached hydrogen (secondary N) is 4. The van der Waals surface area contributed by atoms with Crippen LogP contribution >= 0.6 is 12.6 Å². The molecule has 3 aromatic carbocycles. The molecule has 4 amide bonds. The van der Waals surface area contributed by atoms with Gasteiger partial charge in [-0.2, -0.15) is 13.2 Å². The molecule has 4 N–H and O–H groups in total. The lowest BCUT2D eigenvalue weighted by Crippen LogP contribution is -2.53. The van der Waals surface area contributed by atoms with Crippen LogP contribution in [0, 0.1) is 0 Å². The second-order valence-corrected chi connectivity index (χ2v) is 14.1. The molecule has 2 atom stereocenters. The highest BCUT2D eigenvalue weighted by Gasteiger charge is 2.44. The number of nitrogens with zero attached hydrogens (tertiary/aromatic N) is 4. The minimum absolute atomic E-state index is 0.124. The molecule has 4 aromatic rings. The SMILES string of the molecule is CNC(=O)c1ccccc1Nc1cc(Nc2ccc(N3CCN(Cc4ccc5c(c4)C(=O)N(C4CCC(=O)NC4=O)C5S)CC3)cc2OC)ncc1C(F)(F)F. The number of piperazine rings is 1. The quantitative estimate of drug-likeness (QED) is 0.104. The predicted molar refractivity (Wildman–Crippen MR) is 207 cm³/mol. The molecular formula is C39H39F3N8O5S. The molecule has 0 bridgehead atoms. The Bertz CT molecular complexity index is 2200. The van der Waals surface area contributed by atoms with Gasteiger partial charge in [0.15, 0.2) is 0 Å². The van der Waals surface area contributed by atoms with Crippen LogP contribution in [0.25, 0.3) is 0 Å². The summed E-state index contributed by atoms with van der Waals surface area (Å²) in [7, 11) is 2.95. The van der Waals surface area contributed by atoms with Gasteiger partial charge in [-0.1, -0.05) is 24.3 Å². The van der Waals surface area contributed by atoms with E-state index in [0.29, 0.717) is 36.6 Å². The molecule has 0 aliphatic carbocycles. The molecule has 4 heterocycles. The van der Waals surface area contributed by atoms with E-state index in [1.54, 1.807) is 18.2 Å². The van der Waals surface area contributed by atoms with E-state index in [0.717, 1.165) is 36.1 Å². The smallest absolute Gasteiger partial charge is 0.419 e. The number of anilines is 5. The molecule has 3 aliphatic heterocycles. The summed E-state index contributed by atoms with van der Waals surface area (Å²) in [4.78, 5) is 60.0. The van der Waals surface area contributed by atoms with Gasteiger partial charge < -0.3 is 30.5 Å². The second kappa shape index (κ2) is 15.7. The number of carbonyl (C=O) groups is 4. The maximum atomic E-state index is 14.0. The van der Waals surface area contributed by atoms with E-state index in [1.165, 1.54) is 37.3 Å². The summed E-state index contributed by atoms with van der Waals surface area (Å²) in [6.07, 6.45) is -3.55. The molecule has 13 nitrogen and oxygen atoms in total. The molecule has 0 radical (unpaired) electrons. The summed E-state index contributed by atoms with van der Waals surface area (Å²) in [6, 6.07) is 18.0. The lowest BCUT2D eigenvalue weighted by Gasteiger charge is -2.36. The number of fused-ring (bicyclic) bond motifs is 1. The molecule has 0 saturated carbocycles. The van der Waals surface area contributed by atoms with E-state index < -0.39 is 35.0 Å². The van der Waals surface area contributed by atoms with Gasteiger partial charge in [-0.3, -0.25) is 29.4 Å². The van der Waals surface area contributed by atoms with Crippen LogP contribution in [0.4, 0.5) is 41.7 Å². The van der Waals surface area contributed by atoms with Crippen LogP contribution in [-0.2, 0) is 22.3 Å². The number of aromatic nitrogens is 1. The topological polar surface area (TPSA) is 148 Å². The number of hydrogen-bond donors (Lipinski definition) is 5. The number of piperidine rings is 1. The summed E-state index contributed by atoms with van der Waals surface area (Å²) < 4.78 is 47.8. The van der Waals surface area contributed by atoms with Crippen LogP contribution in [0.3, 0.4) is 0 Å². The van der Waals surface area contributed by atoms with Crippen LogP contribution in [0.1, 0.15) is 55.6 Å². The third kappa shape index (κ3) is 7.81. The van der Waals surface area contributed by atoms with Crippen molar-refractivity contribution in [3.8, 4) is 5.75 Å². The van der Waals surface area contributed by atoms with Crippen molar-refractivity contribution in [1.82, 2.24) is 25.4 Å². The van der Waals surface area contributed by atoms with Crippen molar-refractivity contribution in [1.29, 1.82) is 0 Å². The molecule has 1 aromatic heterocycles. The van der Waals surface area contributed by atoms with Gasteiger partial charge in [0.25, 0.3) is 11.8 Å². The minimum atomic E-state index is -4.71. The Morgan fingerprint density at radius 2 is 1.73 bits per heavy atom. The maximum absolute atomic E-state index is 14.0. The average Bonchev–Trinajstić information content (AvgIpc) is 3.42. The summed E-state index contributed by atoms with van der Waals surface area (Å²) in [6.45, 7) is 3.49. The van der Waals surface area contributed by atoms with Gasteiger partial charge in [0.2, 0.25) is 11.8 Å². The monoisotopic (exact) mass is 788 g/mol. The van der Waals surface area contributed by atoms with Crippen LogP contribution in [-0.4, -0.2) is 84.8 Å². The fourth-order valence-corrected chi connectivity index (χ4v) is 7.73. The lowest BCUT2D eigenvalue weighted by atomic mass is 10.0. The number of rotatable bonds is 10. The fourth-order valence-electron chi connectivity index (χ4n) is 7.23. The highest BCUT2D eigenvalue weighted by Crippen LogP contribution is 2.41. The van der Waals surface area contributed by atoms with Crippen molar-refractivity contribution in [2.75, 3.05) is 55.9 Å². The fraction of sp³-hybridized carbons (Fsp3) is 0.308. The van der Waals surface area contributed by atoms with Gasteiger partial charge in [-0.25, -0.2) is 4.98 Å². The number of ether oxygens (including phenoxy) is 1. The van der Waals surface area contributed by atoms with E-state index in [2.05, 4.69) is 48.7 Å². The first-order chi connectivity index (χ1) is 26.8. The molecule has 2 unspecified atom stereocenters. The highest BCUT2D eigenvalue weighted by atomic mass is 32.1. The normalized spacial score (nSPS) is 18.7. The molecule has 0 spiro atoms. The Hall–Kier alpha value is -5.81. The average molecular weight is 789 g/mol. The lowest BCUT2D eigenvalue weighted by molar-refractivity contribution is -0.138. The number of amides is 4. The van der Waals surface area contributed by atoms with Crippen molar-refractivity contribution in [3.05, 3.63) is 101 Å². The van der Waals surface area contributed by atoms with Crippen LogP contribution in [0.2, 0.25) is 0 Å². The van der Waals surface area contributed by atoms with Crippen LogP contribution in [0.15, 0.2) is 72.9 Å². The van der Waals surface area contributed by atoms with Gasteiger partial charge in [-0.15, -0.1) is 12.6 Å². The van der Waals surface area contributed by atoms with E-state index in [1.807, 2.05) is 30.3 Å². The van der Waals surface area contributed by atoms with Crippen molar-refractivity contribution in [2.24, 2.45) is 0 Å². The minimum Gasteiger partial charge on any atom is -0.494 e. The standard InChI is InChI=1S/C39H39F3N8O5S/c1-43-35(52)25-5-3-4-6-28(25)45-30-19-33(44-20-27(30)39(40,41)42)46-29-10-8-23(18-32(29)55-2)49-15-13-48(14-16-49)21-22-7-9-24-26(17-22)37(54)50(38(24)56)31-11-12-34(51)47-36(31)53/h3-10,17-20,31,38,56H,11-16,21H2,1-2H3,(H,43,52)(H2,44,45,46)(H,47,51,53). The first-order valence-electron chi connectivity index (χ1n) is 17.9. The first-order valence-corrected chi connectivity index (χ1v) is 18.4. The molecule has 2 saturated heterocycles. The molecule has 7 rings (SSSR count). The Morgan fingerprint density at radius 1 is 0.964 bits per heavy atom. The number of halogens is 3. The van der Waals surface area contributed by atoms with E-state index in [9.17, 15) is 32.3 Å². The van der Waals surface area contributed by atoms with Gasteiger partial charge in [0.05, 0.1) is 35.3 Å². The largest absolute Gasteiger partial charge is 0.494 e. The summed E-state index contributed by atoms with van der Waals surface area (Å²) >= 11 is 4.66. The number of methoxy groups -OCH3 is 1. The second-order valence-electron chi connectivity index (χ2n) is 13.6. The number of pyridine rings is 1. The maximum Gasteiger partial charge on any atom is 0.419 e. The number of thiol groups is 1. The molecule has 17 heteroatoms. The van der Waals surface area contributed by atoms with Gasteiger partial charge in [0.1, 0.15) is 23.0 Å². The van der Waals surface area contributed by atoms with Crippen molar-refractivity contribution in [3.63, 3.8) is 0 Å². The zero-order valence-electron chi connectivity index (χ0n) is 30.4. The van der Waals surface area contributed by atoms with Gasteiger partial charge in [-0.05, 0) is 47.9 Å². The zero-order chi connectivity index (χ0) is 39.7. The molecule has 292 valence electrons. The van der Waals surface area contributed by atoms with E-state index in [-0.39, 0.29) is 47.4 Å². The summed E-state index contributed by atoms with van der Waals surface area (Å²) in [5, 5.41) is 10.1. The molecular weight excluding hydrogens is 750 g/mol. The third-order valence-corrected chi connectivity index (χ3v) is 10.7. The molecule has 2 fully saturated rings. The first kappa shape index (κ1) is 38.5. The Labute approximate surface area is 326 Å². The molecule has 3 aliphatic rings. The Morgan fingerprint density at radius 3 is 2.45 bits per heavy atom. The molecule has 56 heavy (non-hydrogen) atoms. The third-order valence-electron chi connectivity index (χ3n) is 10.1.